The molecule has 188 valence electrons. The van der Waals surface area contributed by atoms with E-state index in [1.165, 1.54) is 6.92 Å². The standard InChI is InChI=1S/C24H30N4O7/c1-4-33-23(31)15(3)35-21-16-8-6-7-9-17(16)26-18(20(21)22(25)30)14-19(29)27-10-12-28(13-11-27)24(32)34-5-2/h6-9,15H,4-5,10-14H2,1-3H3,(H2,25,30). The van der Waals surface area contributed by atoms with Crippen LogP contribution >= 0.6 is 0 Å². The molecule has 1 unspecified atom stereocenters. The molecule has 11 heteroatoms. The third-order valence-corrected chi connectivity index (χ3v) is 5.56. The highest BCUT2D eigenvalue weighted by Crippen LogP contribution is 2.32. The Morgan fingerprint density at radius 1 is 1.00 bits per heavy atom. The van der Waals surface area contributed by atoms with Gasteiger partial charge in [0.2, 0.25) is 5.91 Å². The van der Waals surface area contributed by atoms with Crippen molar-refractivity contribution >= 4 is 34.8 Å². The quantitative estimate of drug-likeness (QED) is 0.554. The van der Waals surface area contributed by atoms with Gasteiger partial charge in [-0.15, -0.1) is 0 Å². The Morgan fingerprint density at radius 3 is 2.26 bits per heavy atom. The maximum absolute atomic E-state index is 13.1. The number of hydrogen-bond acceptors (Lipinski definition) is 8. The molecule has 35 heavy (non-hydrogen) atoms. The lowest BCUT2D eigenvalue weighted by Gasteiger charge is -2.34. The van der Waals surface area contributed by atoms with E-state index < -0.39 is 24.1 Å². The number of ether oxygens (including phenoxy) is 3. The van der Waals surface area contributed by atoms with Crippen LogP contribution in [0.4, 0.5) is 4.79 Å². The number of esters is 1. The van der Waals surface area contributed by atoms with E-state index in [0.717, 1.165) is 0 Å². The zero-order valence-corrected chi connectivity index (χ0v) is 20.1. The Hall–Kier alpha value is -3.89. The number of nitrogens with two attached hydrogens (primary N) is 1. The van der Waals surface area contributed by atoms with Crippen LogP contribution in [-0.4, -0.2) is 84.2 Å². The van der Waals surface area contributed by atoms with E-state index in [0.29, 0.717) is 37.1 Å². The molecule has 3 amide bonds. The summed E-state index contributed by atoms with van der Waals surface area (Å²) in [6.07, 6.45) is -1.63. The van der Waals surface area contributed by atoms with Crippen molar-refractivity contribution < 1.29 is 33.4 Å². The molecule has 11 nitrogen and oxygen atoms in total. The first kappa shape index (κ1) is 25.7. The molecular formula is C24H30N4O7. The maximum atomic E-state index is 13.1. The molecule has 3 rings (SSSR count). The van der Waals surface area contributed by atoms with Crippen molar-refractivity contribution in [2.75, 3.05) is 39.4 Å². The van der Waals surface area contributed by atoms with E-state index in [1.807, 2.05) is 0 Å². The molecule has 2 N–H and O–H groups in total. The van der Waals surface area contributed by atoms with Crippen molar-refractivity contribution in [2.45, 2.75) is 33.3 Å². The van der Waals surface area contributed by atoms with Crippen molar-refractivity contribution in [2.24, 2.45) is 5.73 Å². The predicted octanol–water partition coefficient (Wildman–Crippen LogP) is 1.51. The highest BCUT2D eigenvalue weighted by molar-refractivity contribution is 6.04. The van der Waals surface area contributed by atoms with Crippen LogP contribution in [0.1, 0.15) is 36.8 Å². The highest BCUT2D eigenvalue weighted by Gasteiger charge is 2.29. The highest BCUT2D eigenvalue weighted by atomic mass is 16.6. The number of para-hydroxylation sites is 1. The summed E-state index contributed by atoms with van der Waals surface area (Å²) in [5, 5.41) is 0.483. The number of rotatable bonds is 8. The molecule has 2 aromatic rings. The van der Waals surface area contributed by atoms with E-state index in [1.54, 1.807) is 47.9 Å². The van der Waals surface area contributed by atoms with Crippen molar-refractivity contribution in [3.05, 3.63) is 35.5 Å². The summed E-state index contributed by atoms with van der Waals surface area (Å²) >= 11 is 0. The molecule has 0 spiro atoms. The molecule has 1 atom stereocenters. The van der Waals surface area contributed by atoms with Gasteiger partial charge in [0.1, 0.15) is 11.3 Å². The second-order valence-corrected chi connectivity index (χ2v) is 7.90. The minimum Gasteiger partial charge on any atom is -0.477 e. The van der Waals surface area contributed by atoms with Crippen LogP contribution in [0.5, 0.6) is 5.75 Å². The van der Waals surface area contributed by atoms with Gasteiger partial charge in [-0.25, -0.2) is 9.59 Å². The van der Waals surface area contributed by atoms with Gasteiger partial charge in [-0.3, -0.25) is 14.6 Å². The Labute approximate surface area is 203 Å². The van der Waals surface area contributed by atoms with E-state index >= 15 is 0 Å². The fourth-order valence-electron chi connectivity index (χ4n) is 3.83. The van der Waals surface area contributed by atoms with Crippen LogP contribution in [-0.2, 0) is 25.5 Å². The number of amides is 3. The number of aromatic nitrogens is 1. The third kappa shape index (κ3) is 5.97. The lowest BCUT2D eigenvalue weighted by Crippen LogP contribution is -2.51. The number of nitrogens with zero attached hydrogens (tertiary/aromatic N) is 3. The number of benzene rings is 1. The fraction of sp³-hybridized carbons (Fsp3) is 0.458. The molecular weight excluding hydrogens is 456 g/mol. The number of primary amides is 1. The number of piperazine rings is 1. The number of pyridine rings is 1. The molecule has 1 aliphatic heterocycles. The van der Waals surface area contributed by atoms with Crippen LogP contribution in [0.2, 0.25) is 0 Å². The van der Waals surface area contributed by atoms with Crippen molar-refractivity contribution in [1.29, 1.82) is 0 Å². The van der Waals surface area contributed by atoms with Gasteiger partial charge in [0.25, 0.3) is 5.91 Å². The van der Waals surface area contributed by atoms with Gasteiger partial charge in [-0.05, 0) is 32.9 Å². The first-order chi connectivity index (χ1) is 16.8. The molecule has 0 radical (unpaired) electrons. The minimum atomic E-state index is -1.02. The topological polar surface area (TPSA) is 141 Å². The number of carbonyl (C=O) groups excluding carboxylic acids is 4. The summed E-state index contributed by atoms with van der Waals surface area (Å²) in [5.41, 5.74) is 6.27. The Morgan fingerprint density at radius 2 is 1.63 bits per heavy atom. The van der Waals surface area contributed by atoms with Crippen LogP contribution in [0.15, 0.2) is 24.3 Å². The molecule has 0 bridgehead atoms. The normalized spacial score (nSPS) is 14.4. The van der Waals surface area contributed by atoms with Gasteiger partial charge in [0.15, 0.2) is 6.10 Å². The van der Waals surface area contributed by atoms with Gasteiger partial charge in [0.05, 0.1) is 30.8 Å². The predicted molar refractivity (Wildman–Crippen MR) is 126 cm³/mol. The third-order valence-electron chi connectivity index (χ3n) is 5.56. The van der Waals surface area contributed by atoms with Crippen molar-refractivity contribution in [3.8, 4) is 5.75 Å². The summed E-state index contributed by atoms with van der Waals surface area (Å²) in [5.74, 6) is -1.62. The zero-order chi connectivity index (χ0) is 25.5. The van der Waals surface area contributed by atoms with Crippen LogP contribution in [0, 0.1) is 0 Å². The first-order valence-electron chi connectivity index (χ1n) is 11.5. The molecule has 0 saturated carbocycles. The summed E-state index contributed by atoms with van der Waals surface area (Å²) in [7, 11) is 0. The summed E-state index contributed by atoms with van der Waals surface area (Å²) in [6, 6.07) is 6.92. The molecule has 0 aliphatic carbocycles. The van der Waals surface area contributed by atoms with Crippen molar-refractivity contribution in [1.82, 2.24) is 14.8 Å². The molecule has 1 saturated heterocycles. The smallest absolute Gasteiger partial charge is 0.409 e. The molecule has 1 aliphatic rings. The van der Waals surface area contributed by atoms with Crippen LogP contribution < -0.4 is 10.5 Å². The lowest BCUT2D eigenvalue weighted by atomic mass is 10.0. The molecule has 2 heterocycles. The molecule has 1 fully saturated rings. The summed E-state index contributed by atoms with van der Waals surface area (Å²) in [4.78, 5) is 57.3. The van der Waals surface area contributed by atoms with E-state index in [2.05, 4.69) is 4.98 Å². The fourth-order valence-corrected chi connectivity index (χ4v) is 3.83. The minimum absolute atomic E-state index is 0.0571. The Balaban J connectivity index is 1.89. The van der Waals surface area contributed by atoms with E-state index in [4.69, 9.17) is 19.9 Å². The largest absolute Gasteiger partial charge is 0.477 e. The zero-order valence-electron chi connectivity index (χ0n) is 20.1. The van der Waals surface area contributed by atoms with Gasteiger partial charge in [-0.2, -0.15) is 0 Å². The van der Waals surface area contributed by atoms with Gasteiger partial charge < -0.3 is 29.7 Å². The Bertz CT molecular complexity index is 1110. The lowest BCUT2D eigenvalue weighted by molar-refractivity contribution is -0.150. The molecule has 1 aromatic carbocycles. The van der Waals surface area contributed by atoms with E-state index in [9.17, 15) is 19.2 Å². The average molecular weight is 487 g/mol. The van der Waals surface area contributed by atoms with E-state index in [-0.39, 0.29) is 42.5 Å². The van der Waals surface area contributed by atoms with Crippen molar-refractivity contribution in [3.63, 3.8) is 0 Å². The molecule has 1 aromatic heterocycles. The van der Waals surface area contributed by atoms with Crippen LogP contribution in [0.25, 0.3) is 10.9 Å². The van der Waals surface area contributed by atoms with Gasteiger partial charge in [-0.1, -0.05) is 12.1 Å². The van der Waals surface area contributed by atoms with Gasteiger partial charge in [0, 0.05) is 31.6 Å². The number of hydrogen-bond donors (Lipinski definition) is 1. The van der Waals surface area contributed by atoms with Gasteiger partial charge >= 0.3 is 12.1 Å². The maximum Gasteiger partial charge on any atom is 0.409 e. The first-order valence-corrected chi connectivity index (χ1v) is 11.5. The SMILES string of the molecule is CCOC(=O)C(C)Oc1c(C(N)=O)c(CC(=O)N2CCN(C(=O)OCC)CC2)nc2ccccc12. The second-order valence-electron chi connectivity index (χ2n) is 7.90. The van der Waals surface area contributed by atoms with Crippen LogP contribution in [0.3, 0.4) is 0 Å². The number of fused-ring (bicyclic) bond motifs is 1. The Kier molecular flexibility index (Phi) is 8.45. The average Bonchev–Trinajstić information content (AvgIpc) is 2.84. The second kappa shape index (κ2) is 11.5. The number of carbonyl (C=O) groups is 4. The monoisotopic (exact) mass is 486 g/mol. The summed E-state index contributed by atoms with van der Waals surface area (Å²) < 4.78 is 15.9. The summed E-state index contributed by atoms with van der Waals surface area (Å²) in [6.45, 7) is 6.68.